The molecule has 1 aliphatic carbocycles. The number of aromatic nitrogens is 1. The Hall–Kier alpha value is -1.31. The summed E-state index contributed by atoms with van der Waals surface area (Å²) in [4.78, 5) is 0. The molecule has 0 unspecified atom stereocenters. The van der Waals surface area contributed by atoms with Crippen LogP contribution in [0.5, 0.6) is 0 Å². The predicted octanol–water partition coefficient (Wildman–Crippen LogP) is 3.19. The lowest BCUT2D eigenvalue weighted by molar-refractivity contribution is 0.637. The van der Waals surface area contributed by atoms with Gasteiger partial charge in [0.15, 0.2) is 0 Å². The smallest absolute Gasteiger partial charge is 0.132 e. The maximum absolute atomic E-state index is 13.6. The third-order valence-electron chi connectivity index (χ3n) is 3.02. The topological polar surface area (TPSA) is 4.93 Å². The van der Waals surface area contributed by atoms with Crippen LogP contribution < -0.4 is 0 Å². The van der Waals surface area contributed by atoms with Crippen LogP contribution in [0.4, 0.5) is 4.39 Å². The highest BCUT2D eigenvalue weighted by Crippen LogP contribution is 2.41. The molecule has 1 aliphatic rings. The Balaban J connectivity index is 2.30. The molecule has 1 fully saturated rings. The van der Waals surface area contributed by atoms with Crippen molar-refractivity contribution in [1.29, 1.82) is 0 Å². The molecule has 0 spiro atoms. The zero-order valence-corrected chi connectivity index (χ0v) is 8.13. The van der Waals surface area contributed by atoms with Gasteiger partial charge in [-0.25, -0.2) is 4.39 Å². The van der Waals surface area contributed by atoms with Gasteiger partial charge in [0.1, 0.15) is 5.82 Å². The summed E-state index contributed by atoms with van der Waals surface area (Å²) in [5.41, 5.74) is 2.17. The van der Waals surface area contributed by atoms with Crippen LogP contribution in [0.3, 0.4) is 0 Å². The predicted molar refractivity (Wildman–Crippen MR) is 54.9 cm³/mol. The molecule has 0 aliphatic heterocycles. The highest BCUT2D eigenvalue weighted by atomic mass is 19.1. The Kier molecular flexibility index (Phi) is 1.49. The molecule has 2 aromatic rings. The molecule has 1 heterocycles. The first-order valence-corrected chi connectivity index (χ1v) is 5.00. The van der Waals surface area contributed by atoms with E-state index in [0.29, 0.717) is 5.92 Å². The Morgan fingerprint density at radius 1 is 1.36 bits per heavy atom. The van der Waals surface area contributed by atoms with Crippen LogP contribution in [0.2, 0.25) is 0 Å². The van der Waals surface area contributed by atoms with Crippen molar-refractivity contribution in [1.82, 2.24) is 4.57 Å². The van der Waals surface area contributed by atoms with E-state index in [4.69, 9.17) is 0 Å². The lowest BCUT2D eigenvalue weighted by Crippen LogP contribution is -1.88. The fourth-order valence-corrected chi connectivity index (χ4v) is 2.00. The molecule has 72 valence electrons. The van der Waals surface area contributed by atoms with Crippen LogP contribution in [0.1, 0.15) is 24.3 Å². The minimum Gasteiger partial charge on any atom is -0.350 e. The molecule has 1 aromatic heterocycles. The number of hydrogen-bond acceptors (Lipinski definition) is 0. The summed E-state index contributed by atoms with van der Waals surface area (Å²) in [7, 11) is 1.96. The van der Waals surface area contributed by atoms with Gasteiger partial charge in [-0.1, -0.05) is 0 Å². The van der Waals surface area contributed by atoms with E-state index < -0.39 is 0 Å². The monoisotopic (exact) mass is 189 g/mol. The molecular weight excluding hydrogens is 177 g/mol. The summed E-state index contributed by atoms with van der Waals surface area (Å²) >= 11 is 0. The van der Waals surface area contributed by atoms with Gasteiger partial charge < -0.3 is 4.57 Å². The second kappa shape index (κ2) is 2.59. The number of aryl methyl sites for hydroxylation is 1. The van der Waals surface area contributed by atoms with Crippen LogP contribution in [-0.4, -0.2) is 4.57 Å². The van der Waals surface area contributed by atoms with Crippen molar-refractivity contribution < 1.29 is 4.39 Å². The Bertz CT molecular complexity index is 494. The minimum atomic E-state index is -0.0787. The van der Waals surface area contributed by atoms with E-state index in [1.165, 1.54) is 12.8 Å². The van der Waals surface area contributed by atoms with Gasteiger partial charge in [-0.3, -0.25) is 0 Å². The van der Waals surface area contributed by atoms with Crippen LogP contribution in [0.15, 0.2) is 24.4 Å². The van der Waals surface area contributed by atoms with E-state index in [9.17, 15) is 4.39 Å². The number of nitrogens with zero attached hydrogens (tertiary/aromatic N) is 1. The van der Waals surface area contributed by atoms with Gasteiger partial charge in [0.2, 0.25) is 0 Å². The van der Waals surface area contributed by atoms with E-state index in [2.05, 4.69) is 6.07 Å². The summed E-state index contributed by atoms with van der Waals surface area (Å²) in [5, 5.41) is 0.733. The fourth-order valence-electron chi connectivity index (χ4n) is 2.00. The number of hydrogen-bond donors (Lipinski definition) is 0. The van der Waals surface area contributed by atoms with Crippen molar-refractivity contribution in [2.24, 2.45) is 7.05 Å². The van der Waals surface area contributed by atoms with Crippen LogP contribution >= 0.6 is 0 Å². The molecule has 0 saturated heterocycles. The zero-order chi connectivity index (χ0) is 9.71. The summed E-state index contributed by atoms with van der Waals surface area (Å²) in [6.07, 6.45) is 4.34. The van der Waals surface area contributed by atoms with E-state index >= 15 is 0 Å². The summed E-state index contributed by atoms with van der Waals surface area (Å²) in [5.74, 6) is 0.536. The number of fused-ring (bicyclic) bond motifs is 1. The normalized spacial score (nSPS) is 16.4. The Morgan fingerprint density at radius 3 is 2.86 bits per heavy atom. The molecule has 0 radical (unpaired) electrons. The second-order valence-corrected chi connectivity index (χ2v) is 4.14. The van der Waals surface area contributed by atoms with E-state index in [0.717, 1.165) is 16.5 Å². The highest BCUT2D eigenvalue weighted by Gasteiger charge is 2.24. The SMILES string of the molecule is Cn1ccc2c(F)cc(C3CC3)cc21. The van der Waals surface area contributed by atoms with Crippen molar-refractivity contribution >= 4 is 10.9 Å². The lowest BCUT2D eigenvalue weighted by Gasteiger charge is -2.02. The lowest BCUT2D eigenvalue weighted by atomic mass is 10.1. The van der Waals surface area contributed by atoms with Gasteiger partial charge in [-0.05, 0) is 42.5 Å². The van der Waals surface area contributed by atoms with Gasteiger partial charge in [0, 0.05) is 18.6 Å². The van der Waals surface area contributed by atoms with Crippen LogP contribution in [-0.2, 0) is 7.05 Å². The first-order valence-electron chi connectivity index (χ1n) is 5.00. The number of rotatable bonds is 1. The first kappa shape index (κ1) is 8.04. The van der Waals surface area contributed by atoms with Gasteiger partial charge in [-0.2, -0.15) is 0 Å². The molecule has 3 rings (SSSR count). The van der Waals surface area contributed by atoms with Gasteiger partial charge >= 0.3 is 0 Å². The standard InChI is InChI=1S/C12H12FN/c1-14-5-4-10-11(13)6-9(7-12(10)14)8-2-3-8/h4-8H,2-3H2,1H3. The van der Waals surface area contributed by atoms with E-state index in [1.54, 1.807) is 6.07 Å². The summed E-state index contributed by atoms with van der Waals surface area (Å²) < 4.78 is 15.6. The molecule has 2 heteroatoms. The van der Waals surface area contributed by atoms with Crippen molar-refractivity contribution in [3.05, 3.63) is 35.8 Å². The molecule has 1 saturated carbocycles. The molecule has 1 aromatic carbocycles. The van der Waals surface area contributed by atoms with Crippen molar-refractivity contribution in [3.8, 4) is 0 Å². The van der Waals surface area contributed by atoms with Crippen molar-refractivity contribution in [2.45, 2.75) is 18.8 Å². The molecule has 0 atom stereocenters. The average molecular weight is 189 g/mol. The average Bonchev–Trinajstić information content (AvgIpc) is 2.93. The Labute approximate surface area is 82.2 Å². The molecule has 0 bridgehead atoms. The summed E-state index contributed by atoms with van der Waals surface area (Å²) in [6, 6.07) is 5.65. The molecule has 0 amide bonds. The number of benzene rings is 1. The fraction of sp³-hybridized carbons (Fsp3) is 0.333. The zero-order valence-electron chi connectivity index (χ0n) is 8.13. The molecular formula is C12H12FN. The Morgan fingerprint density at radius 2 is 2.14 bits per heavy atom. The van der Waals surface area contributed by atoms with Crippen LogP contribution in [0.25, 0.3) is 10.9 Å². The van der Waals surface area contributed by atoms with Crippen molar-refractivity contribution in [3.63, 3.8) is 0 Å². The van der Waals surface area contributed by atoms with E-state index in [1.807, 2.05) is 23.9 Å². The van der Waals surface area contributed by atoms with Gasteiger partial charge in [-0.15, -0.1) is 0 Å². The quantitative estimate of drug-likeness (QED) is 0.649. The molecule has 14 heavy (non-hydrogen) atoms. The van der Waals surface area contributed by atoms with Crippen molar-refractivity contribution in [2.75, 3.05) is 0 Å². The maximum atomic E-state index is 13.6. The molecule has 0 N–H and O–H groups in total. The summed E-state index contributed by atoms with van der Waals surface area (Å²) in [6.45, 7) is 0. The number of halogens is 1. The van der Waals surface area contributed by atoms with Crippen LogP contribution in [0, 0.1) is 5.82 Å². The first-order chi connectivity index (χ1) is 6.75. The largest absolute Gasteiger partial charge is 0.350 e. The maximum Gasteiger partial charge on any atom is 0.132 e. The second-order valence-electron chi connectivity index (χ2n) is 4.14. The third kappa shape index (κ3) is 1.07. The van der Waals surface area contributed by atoms with Gasteiger partial charge in [0.25, 0.3) is 0 Å². The third-order valence-corrected chi connectivity index (χ3v) is 3.02. The van der Waals surface area contributed by atoms with E-state index in [-0.39, 0.29) is 5.82 Å². The minimum absolute atomic E-state index is 0.0787. The van der Waals surface area contributed by atoms with Gasteiger partial charge in [0.05, 0.1) is 5.52 Å². The highest BCUT2D eigenvalue weighted by molar-refractivity contribution is 5.81. The molecule has 1 nitrogen and oxygen atoms in total.